The quantitative estimate of drug-likeness (QED) is 0.517. The summed E-state index contributed by atoms with van der Waals surface area (Å²) in [4.78, 5) is 10.5. The summed E-state index contributed by atoms with van der Waals surface area (Å²) in [6, 6.07) is 0. The van der Waals surface area contributed by atoms with E-state index in [-0.39, 0.29) is 0 Å². The number of rotatable bonds is 2. The standard InChI is InChI=1S/C6H9IO/c1-5(8)4-6(7)2-3-6/h2-4H2,1H3. The van der Waals surface area contributed by atoms with Crippen molar-refractivity contribution in [3.05, 3.63) is 0 Å². The van der Waals surface area contributed by atoms with Gasteiger partial charge in [0.2, 0.25) is 0 Å². The maximum absolute atomic E-state index is 10.5. The normalized spacial score (nSPS) is 22.8. The van der Waals surface area contributed by atoms with Crippen molar-refractivity contribution in [2.75, 3.05) is 0 Å². The fourth-order valence-corrected chi connectivity index (χ4v) is 1.57. The maximum atomic E-state index is 10.5. The van der Waals surface area contributed by atoms with Gasteiger partial charge in [-0.05, 0) is 19.8 Å². The number of carbonyl (C=O) groups is 1. The minimum Gasteiger partial charge on any atom is -0.300 e. The fraction of sp³-hybridized carbons (Fsp3) is 0.833. The molecule has 0 aromatic rings. The van der Waals surface area contributed by atoms with E-state index in [1.807, 2.05) is 0 Å². The summed E-state index contributed by atoms with van der Waals surface area (Å²) in [5, 5.41) is 0. The van der Waals surface area contributed by atoms with E-state index < -0.39 is 0 Å². The highest BCUT2D eigenvalue weighted by Gasteiger charge is 2.40. The molecule has 8 heavy (non-hydrogen) atoms. The van der Waals surface area contributed by atoms with Crippen LogP contribution >= 0.6 is 22.6 Å². The number of hydrogen-bond donors (Lipinski definition) is 0. The van der Waals surface area contributed by atoms with Crippen LogP contribution in [0.3, 0.4) is 0 Å². The van der Waals surface area contributed by atoms with Crippen molar-refractivity contribution in [1.82, 2.24) is 0 Å². The van der Waals surface area contributed by atoms with Crippen LogP contribution in [0.1, 0.15) is 26.2 Å². The van der Waals surface area contributed by atoms with Crippen molar-refractivity contribution in [3.63, 3.8) is 0 Å². The van der Waals surface area contributed by atoms with E-state index in [0.29, 0.717) is 9.20 Å². The molecular formula is C6H9IO. The summed E-state index contributed by atoms with van der Waals surface area (Å²) in [7, 11) is 0. The zero-order valence-electron chi connectivity index (χ0n) is 4.91. The van der Waals surface area contributed by atoms with Crippen LogP contribution in [0.5, 0.6) is 0 Å². The van der Waals surface area contributed by atoms with Crippen LogP contribution in [0.4, 0.5) is 0 Å². The van der Waals surface area contributed by atoms with Crippen LogP contribution in [0.15, 0.2) is 0 Å². The maximum Gasteiger partial charge on any atom is 0.131 e. The Balaban J connectivity index is 2.29. The van der Waals surface area contributed by atoms with Gasteiger partial charge < -0.3 is 0 Å². The number of ketones is 1. The van der Waals surface area contributed by atoms with Gasteiger partial charge in [0.1, 0.15) is 5.78 Å². The molecule has 0 atom stereocenters. The third-order valence-electron chi connectivity index (χ3n) is 1.36. The average Bonchev–Trinajstić information content (AvgIpc) is 2.17. The van der Waals surface area contributed by atoms with Gasteiger partial charge in [-0.25, -0.2) is 0 Å². The summed E-state index contributed by atoms with van der Waals surface area (Å²) >= 11 is 2.38. The third kappa shape index (κ3) is 1.73. The van der Waals surface area contributed by atoms with Gasteiger partial charge in [-0.3, -0.25) is 4.79 Å². The second kappa shape index (κ2) is 1.97. The van der Waals surface area contributed by atoms with Crippen LogP contribution < -0.4 is 0 Å². The molecule has 0 spiro atoms. The minimum absolute atomic E-state index is 0.330. The van der Waals surface area contributed by atoms with Crippen molar-refractivity contribution >= 4 is 28.4 Å². The highest BCUT2D eigenvalue weighted by Crippen LogP contribution is 2.47. The van der Waals surface area contributed by atoms with Gasteiger partial charge in [-0.15, -0.1) is 0 Å². The highest BCUT2D eigenvalue weighted by molar-refractivity contribution is 14.1. The first-order valence-electron chi connectivity index (χ1n) is 2.81. The van der Waals surface area contributed by atoms with Crippen molar-refractivity contribution in [3.8, 4) is 0 Å². The van der Waals surface area contributed by atoms with E-state index >= 15 is 0 Å². The summed E-state index contributed by atoms with van der Waals surface area (Å²) in [6.07, 6.45) is 3.27. The van der Waals surface area contributed by atoms with E-state index in [0.717, 1.165) is 6.42 Å². The number of halogens is 1. The number of Topliss-reactive ketones (excluding diaryl/α,β-unsaturated/α-hetero) is 1. The lowest BCUT2D eigenvalue weighted by Crippen LogP contribution is -2.02. The predicted octanol–water partition coefficient (Wildman–Crippen LogP) is 1.93. The molecule has 0 amide bonds. The molecule has 0 N–H and O–H groups in total. The van der Waals surface area contributed by atoms with Crippen molar-refractivity contribution < 1.29 is 4.79 Å². The smallest absolute Gasteiger partial charge is 0.131 e. The molecule has 1 aliphatic rings. The third-order valence-corrected chi connectivity index (χ3v) is 2.82. The van der Waals surface area contributed by atoms with Crippen LogP contribution in [-0.4, -0.2) is 9.20 Å². The van der Waals surface area contributed by atoms with E-state index in [1.54, 1.807) is 6.92 Å². The summed E-state index contributed by atoms with van der Waals surface area (Å²) in [5.74, 6) is 0.330. The lowest BCUT2D eigenvalue weighted by Gasteiger charge is -1.98. The van der Waals surface area contributed by atoms with Crippen molar-refractivity contribution in [2.24, 2.45) is 0 Å². The molecule has 0 aromatic carbocycles. The Morgan fingerprint density at radius 3 is 2.38 bits per heavy atom. The summed E-state index contributed by atoms with van der Waals surface area (Å²) < 4.78 is 0.392. The molecule has 46 valence electrons. The SMILES string of the molecule is CC(=O)CC1(I)CC1. The molecule has 0 aliphatic heterocycles. The van der Waals surface area contributed by atoms with Crippen LogP contribution in [-0.2, 0) is 4.79 Å². The number of hydrogen-bond acceptors (Lipinski definition) is 1. The Hall–Kier alpha value is 0.400. The molecule has 1 fully saturated rings. The Morgan fingerprint density at radius 1 is 1.75 bits per heavy atom. The molecule has 1 rings (SSSR count). The first-order valence-corrected chi connectivity index (χ1v) is 3.89. The topological polar surface area (TPSA) is 17.1 Å². The Morgan fingerprint density at radius 2 is 2.25 bits per heavy atom. The number of carbonyl (C=O) groups excluding carboxylic acids is 1. The van der Waals surface area contributed by atoms with Crippen LogP contribution in [0, 0.1) is 0 Å². The summed E-state index contributed by atoms with van der Waals surface area (Å²) in [6.45, 7) is 1.67. The first-order chi connectivity index (χ1) is 3.62. The molecule has 0 unspecified atom stereocenters. The monoisotopic (exact) mass is 224 g/mol. The molecule has 0 heterocycles. The molecule has 0 bridgehead atoms. The highest BCUT2D eigenvalue weighted by atomic mass is 127. The van der Waals surface area contributed by atoms with Gasteiger partial charge in [0.05, 0.1) is 0 Å². The van der Waals surface area contributed by atoms with Gasteiger partial charge >= 0.3 is 0 Å². The van der Waals surface area contributed by atoms with Gasteiger partial charge in [0, 0.05) is 9.84 Å². The molecule has 1 aliphatic carbocycles. The van der Waals surface area contributed by atoms with Gasteiger partial charge in [-0.1, -0.05) is 22.6 Å². The fourth-order valence-electron chi connectivity index (χ4n) is 0.759. The second-order valence-corrected chi connectivity index (χ2v) is 4.82. The average molecular weight is 224 g/mol. The Bertz CT molecular complexity index is 116. The minimum atomic E-state index is 0.330. The molecule has 2 heteroatoms. The lowest BCUT2D eigenvalue weighted by atomic mass is 10.2. The second-order valence-electron chi connectivity index (χ2n) is 2.53. The van der Waals surface area contributed by atoms with E-state index in [9.17, 15) is 4.79 Å². The predicted molar refractivity (Wildman–Crippen MR) is 41.3 cm³/mol. The molecule has 0 aromatic heterocycles. The van der Waals surface area contributed by atoms with Crippen molar-refractivity contribution in [1.29, 1.82) is 0 Å². The molecule has 1 nitrogen and oxygen atoms in total. The van der Waals surface area contributed by atoms with Gasteiger partial charge in [-0.2, -0.15) is 0 Å². The summed E-state index contributed by atoms with van der Waals surface area (Å²) in [5.41, 5.74) is 0. The molecular weight excluding hydrogens is 215 g/mol. The van der Waals surface area contributed by atoms with Gasteiger partial charge in [0.15, 0.2) is 0 Å². The van der Waals surface area contributed by atoms with Crippen LogP contribution in [0.2, 0.25) is 0 Å². The molecule has 1 saturated carbocycles. The molecule has 0 saturated heterocycles. The molecule has 0 radical (unpaired) electrons. The zero-order chi connectivity index (χ0) is 6.20. The van der Waals surface area contributed by atoms with E-state index in [4.69, 9.17) is 0 Å². The van der Waals surface area contributed by atoms with Crippen molar-refractivity contribution in [2.45, 2.75) is 29.6 Å². The number of alkyl halides is 1. The largest absolute Gasteiger partial charge is 0.300 e. The first kappa shape index (κ1) is 6.52. The Labute approximate surface area is 63.0 Å². The Kier molecular flexibility index (Phi) is 1.61. The van der Waals surface area contributed by atoms with Gasteiger partial charge in [0.25, 0.3) is 0 Å². The lowest BCUT2D eigenvalue weighted by molar-refractivity contribution is -0.117. The zero-order valence-corrected chi connectivity index (χ0v) is 7.07. The van der Waals surface area contributed by atoms with E-state index in [2.05, 4.69) is 22.6 Å². The van der Waals surface area contributed by atoms with E-state index in [1.165, 1.54) is 12.8 Å². The van der Waals surface area contributed by atoms with Crippen LogP contribution in [0.25, 0.3) is 0 Å².